The van der Waals surface area contributed by atoms with Crippen molar-refractivity contribution in [2.45, 2.75) is 13.5 Å². The van der Waals surface area contributed by atoms with E-state index in [1.165, 1.54) is 0 Å². The molecule has 0 bridgehead atoms. The average molecular weight is 353 g/mol. The van der Waals surface area contributed by atoms with Crippen molar-refractivity contribution < 1.29 is 13.2 Å². The number of carbonyl (C=O) groups excluding carboxylic acids is 1. The van der Waals surface area contributed by atoms with E-state index in [1.807, 2.05) is 12.1 Å². The molecule has 2 aromatic carbocycles. The molecule has 2 N–H and O–H groups in total. The Bertz CT molecular complexity index is 772. The monoisotopic (exact) mass is 352 g/mol. The number of sulfonamides is 1. The van der Waals surface area contributed by atoms with Crippen LogP contribution >= 0.6 is 11.6 Å². The Labute approximate surface area is 140 Å². The van der Waals surface area contributed by atoms with Crippen LogP contribution in [0.5, 0.6) is 0 Å². The molecule has 0 atom stereocenters. The number of carbonyl (C=O) groups is 1. The van der Waals surface area contributed by atoms with Crippen molar-refractivity contribution in [3.05, 3.63) is 64.7 Å². The van der Waals surface area contributed by atoms with Gasteiger partial charge in [-0.3, -0.25) is 9.52 Å². The molecule has 122 valence electrons. The molecular weight excluding hydrogens is 336 g/mol. The van der Waals surface area contributed by atoms with E-state index in [0.717, 1.165) is 5.56 Å². The van der Waals surface area contributed by atoms with Gasteiger partial charge in [-0.1, -0.05) is 23.7 Å². The fourth-order valence-corrected chi connectivity index (χ4v) is 2.59. The molecule has 0 fully saturated rings. The summed E-state index contributed by atoms with van der Waals surface area (Å²) < 4.78 is 25.4. The van der Waals surface area contributed by atoms with Crippen molar-refractivity contribution in [3.63, 3.8) is 0 Å². The molecule has 0 aromatic heterocycles. The predicted molar refractivity (Wildman–Crippen MR) is 92.1 cm³/mol. The van der Waals surface area contributed by atoms with Crippen molar-refractivity contribution in [2.75, 3.05) is 10.5 Å². The van der Waals surface area contributed by atoms with E-state index in [-0.39, 0.29) is 11.7 Å². The molecule has 0 radical (unpaired) electrons. The Kier molecular flexibility index (Phi) is 5.63. The minimum absolute atomic E-state index is 0.00364. The molecule has 0 saturated heterocycles. The summed E-state index contributed by atoms with van der Waals surface area (Å²) in [5.74, 6) is -0.235. The van der Waals surface area contributed by atoms with Gasteiger partial charge in [-0.2, -0.15) is 0 Å². The third kappa shape index (κ3) is 5.26. The lowest BCUT2D eigenvalue weighted by Crippen LogP contribution is -2.22. The zero-order valence-corrected chi connectivity index (χ0v) is 14.1. The highest BCUT2D eigenvalue weighted by Gasteiger charge is 2.08. The van der Waals surface area contributed by atoms with Crippen LogP contribution in [-0.2, 0) is 16.6 Å². The largest absolute Gasteiger partial charge is 0.348 e. The maximum atomic E-state index is 12.1. The molecule has 0 unspecified atom stereocenters. The lowest BCUT2D eigenvalue weighted by Gasteiger charge is -2.08. The SMILES string of the molecule is CCS(=O)(=O)Nc1ccc(C(=O)NCc2ccc(Cl)cc2)cc1. The number of benzene rings is 2. The van der Waals surface area contributed by atoms with E-state index in [2.05, 4.69) is 10.0 Å². The Morgan fingerprint density at radius 1 is 1.04 bits per heavy atom. The summed E-state index contributed by atoms with van der Waals surface area (Å²) in [5.41, 5.74) is 1.83. The van der Waals surface area contributed by atoms with Crippen LogP contribution in [0, 0.1) is 0 Å². The summed E-state index contributed by atoms with van der Waals surface area (Å²) in [6, 6.07) is 13.5. The van der Waals surface area contributed by atoms with E-state index in [9.17, 15) is 13.2 Å². The van der Waals surface area contributed by atoms with Gasteiger partial charge in [-0.15, -0.1) is 0 Å². The zero-order chi connectivity index (χ0) is 16.9. The Morgan fingerprint density at radius 3 is 2.22 bits per heavy atom. The minimum Gasteiger partial charge on any atom is -0.348 e. The van der Waals surface area contributed by atoms with Gasteiger partial charge in [0.25, 0.3) is 5.91 Å². The lowest BCUT2D eigenvalue weighted by atomic mass is 10.2. The van der Waals surface area contributed by atoms with E-state index in [4.69, 9.17) is 11.6 Å². The molecular formula is C16H17ClN2O3S. The maximum Gasteiger partial charge on any atom is 0.251 e. The van der Waals surface area contributed by atoms with Crippen molar-refractivity contribution in [1.29, 1.82) is 0 Å². The first-order valence-electron chi connectivity index (χ1n) is 7.03. The van der Waals surface area contributed by atoms with Crippen molar-refractivity contribution >= 4 is 33.2 Å². The first kappa shape index (κ1) is 17.3. The highest BCUT2D eigenvalue weighted by Crippen LogP contribution is 2.12. The van der Waals surface area contributed by atoms with Gasteiger partial charge in [-0.05, 0) is 48.9 Å². The zero-order valence-electron chi connectivity index (χ0n) is 12.5. The van der Waals surface area contributed by atoms with Gasteiger partial charge in [0.15, 0.2) is 0 Å². The second-order valence-electron chi connectivity index (χ2n) is 4.89. The van der Waals surface area contributed by atoms with Crippen LogP contribution in [0.2, 0.25) is 5.02 Å². The molecule has 2 aromatic rings. The summed E-state index contributed by atoms with van der Waals surface area (Å²) in [4.78, 5) is 12.1. The van der Waals surface area contributed by atoms with Crippen molar-refractivity contribution in [1.82, 2.24) is 5.32 Å². The first-order valence-corrected chi connectivity index (χ1v) is 9.06. The number of hydrogen-bond acceptors (Lipinski definition) is 3. The molecule has 7 heteroatoms. The van der Waals surface area contributed by atoms with E-state index < -0.39 is 10.0 Å². The van der Waals surface area contributed by atoms with E-state index >= 15 is 0 Å². The molecule has 0 aliphatic rings. The summed E-state index contributed by atoms with van der Waals surface area (Å²) in [6.07, 6.45) is 0. The van der Waals surface area contributed by atoms with Crippen LogP contribution in [0.1, 0.15) is 22.8 Å². The van der Waals surface area contributed by atoms with Crippen LogP contribution in [0.25, 0.3) is 0 Å². The fourth-order valence-electron chi connectivity index (χ4n) is 1.83. The van der Waals surface area contributed by atoms with Gasteiger partial charge in [0, 0.05) is 22.8 Å². The summed E-state index contributed by atoms with van der Waals surface area (Å²) in [7, 11) is -3.32. The lowest BCUT2D eigenvalue weighted by molar-refractivity contribution is 0.0951. The number of hydrogen-bond donors (Lipinski definition) is 2. The van der Waals surface area contributed by atoms with Gasteiger partial charge in [-0.25, -0.2) is 8.42 Å². The Morgan fingerprint density at radius 2 is 1.65 bits per heavy atom. The molecule has 0 aliphatic carbocycles. The molecule has 0 spiro atoms. The molecule has 0 saturated carbocycles. The summed E-state index contributed by atoms with van der Waals surface area (Å²) >= 11 is 5.81. The second-order valence-corrected chi connectivity index (χ2v) is 7.34. The molecule has 23 heavy (non-hydrogen) atoms. The first-order chi connectivity index (χ1) is 10.9. The minimum atomic E-state index is -3.32. The summed E-state index contributed by atoms with van der Waals surface area (Å²) in [6.45, 7) is 1.95. The summed E-state index contributed by atoms with van der Waals surface area (Å²) in [5, 5.41) is 3.44. The predicted octanol–water partition coefficient (Wildman–Crippen LogP) is 3.03. The van der Waals surface area contributed by atoms with Crippen LogP contribution in [0.3, 0.4) is 0 Å². The molecule has 5 nitrogen and oxygen atoms in total. The molecule has 1 amide bonds. The standard InChI is InChI=1S/C16H17ClN2O3S/c1-2-23(21,22)19-15-9-5-13(6-10-15)16(20)18-11-12-3-7-14(17)8-4-12/h3-10,19H,2,11H2,1H3,(H,18,20). The van der Waals surface area contributed by atoms with Gasteiger partial charge >= 0.3 is 0 Å². The van der Waals surface area contributed by atoms with Gasteiger partial charge in [0.2, 0.25) is 10.0 Å². The maximum absolute atomic E-state index is 12.1. The Hall–Kier alpha value is -2.05. The van der Waals surface area contributed by atoms with Gasteiger partial charge in [0.1, 0.15) is 0 Å². The average Bonchev–Trinajstić information content (AvgIpc) is 2.54. The number of amides is 1. The van der Waals surface area contributed by atoms with E-state index in [1.54, 1.807) is 43.3 Å². The van der Waals surface area contributed by atoms with Crippen LogP contribution in [0.4, 0.5) is 5.69 Å². The number of rotatable bonds is 6. The number of halogens is 1. The van der Waals surface area contributed by atoms with Gasteiger partial charge in [0.05, 0.1) is 5.75 Å². The number of nitrogens with one attached hydrogen (secondary N) is 2. The smallest absolute Gasteiger partial charge is 0.251 e. The quantitative estimate of drug-likeness (QED) is 0.839. The van der Waals surface area contributed by atoms with Crippen LogP contribution < -0.4 is 10.0 Å². The van der Waals surface area contributed by atoms with Crippen molar-refractivity contribution in [3.8, 4) is 0 Å². The van der Waals surface area contributed by atoms with Crippen molar-refractivity contribution in [2.24, 2.45) is 0 Å². The van der Waals surface area contributed by atoms with Crippen LogP contribution in [-0.4, -0.2) is 20.1 Å². The Balaban J connectivity index is 1.96. The van der Waals surface area contributed by atoms with Crippen LogP contribution in [0.15, 0.2) is 48.5 Å². The van der Waals surface area contributed by atoms with E-state index in [0.29, 0.717) is 22.8 Å². The molecule has 2 rings (SSSR count). The molecule has 0 aliphatic heterocycles. The topological polar surface area (TPSA) is 75.3 Å². The third-order valence-electron chi connectivity index (χ3n) is 3.17. The molecule has 0 heterocycles. The van der Waals surface area contributed by atoms with Gasteiger partial charge < -0.3 is 5.32 Å². The second kappa shape index (κ2) is 7.48. The number of anilines is 1. The fraction of sp³-hybridized carbons (Fsp3) is 0.188. The normalized spacial score (nSPS) is 11.0. The third-order valence-corrected chi connectivity index (χ3v) is 4.73. The highest BCUT2D eigenvalue weighted by atomic mass is 35.5. The highest BCUT2D eigenvalue weighted by molar-refractivity contribution is 7.92.